The first kappa shape index (κ1) is 19.5. The second-order valence-electron chi connectivity index (χ2n) is 7.19. The smallest absolute Gasteiger partial charge is 0.221 e. The molecule has 0 saturated heterocycles. The van der Waals surface area contributed by atoms with E-state index in [9.17, 15) is 0 Å². The fourth-order valence-corrected chi connectivity index (χ4v) is 4.42. The Morgan fingerprint density at radius 1 is 0.727 bits per heavy atom. The Balaban J connectivity index is 1.40. The molecule has 6 rings (SSSR count). The first-order valence-corrected chi connectivity index (χ1v) is 11.1. The standard InChI is InChI=1S/C23H17N7O2S/c1-3-9-16(10-4-1)29-21(20-15-31-18-13-7-8-14-19(18)32-20)24-25-22(29)33-23-26-27-28-30(23)17-11-5-2-6-12-17/h1-14,20H,15H2/t20-/m1/s1. The molecule has 162 valence electrons. The number of ether oxygens (including phenoxy) is 2. The van der Waals surface area contributed by atoms with Crippen LogP contribution in [-0.2, 0) is 0 Å². The minimum absolute atomic E-state index is 0.328. The van der Waals surface area contributed by atoms with Gasteiger partial charge in [-0.25, -0.2) is 0 Å². The predicted molar refractivity (Wildman–Crippen MR) is 120 cm³/mol. The molecule has 0 bridgehead atoms. The van der Waals surface area contributed by atoms with Gasteiger partial charge in [-0.1, -0.05) is 48.5 Å². The predicted octanol–water partition coefficient (Wildman–Crippen LogP) is 3.91. The molecule has 10 heteroatoms. The third-order valence-corrected chi connectivity index (χ3v) is 5.98. The van der Waals surface area contributed by atoms with E-state index in [4.69, 9.17) is 9.47 Å². The van der Waals surface area contributed by atoms with Crippen LogP contribution in [-0.4, -0.2) is 41.6 Å². The highest BCUT2D eigenvalue weighted by Gasteiger charge is 2.30. The van der Waals surface area contributed by atoms with Gasteiger partial charge in [0.1, 0.15) is 6.61 Å². The molecule has 1 aliphatic rings. The molecular weight excluding hydrogens is 438 g/mol. The Morgan fingerprint density at radius 2 is 1.42 bits per heavy atom. The first-order chi connectivity index (χ1) is 16.4. The summed E-state index contributed by atoms with van der Waals surface area (Å²) in [7, 11) is 0. The van der Waals surface area contributed by atoms with Crippen molar-refractivity contribution < 1.29 is 9.47 Å². The van der Waals surface area contributed by atoms with Crippen molar-refractivity contribution >= 4 is 11.8 Å². The van der Waals surface area contributed by atoms with Crippen molar-refractivity contribution in [3.05, 3.63) is 90.8 Å². The molecule has 2 aromatic heterocycles. The number of fused-ring (bicyclic) bond motifs is 1. The maximum atomic E-state index is 6.22. The number of tetrazole rings is 1. The average molecular weight is 456 g/mol. The largest absolute Gasteiger partial charge is 0.485 e. The van der Waals surface area contributed by atoms with Crippen LogP contribution >= 0.6 is 11.8 Å². The molecule has 0 aliphatic carbocycles. The molecule has 9 nitrogen and oxygen atoms in total. The van der Waals surface area contributed by atoms with Crippen LogP contribution in [0.25, 0.3) is 11.4 Å². The number of para-hydroxylation sites is 4. The second-order valence-corrected chi connectivity index (χ2v) is 8.12. The van der Waals surface area contributed by atoms with E-state index in [-0.39, 0.29) is 0 Å². The molecule has 1 atom stereocenters. The van der Waals surface area contributed by atoms with E-state index in [1.807, 2.05) is 89.5 Å². The van der Waals surface area contributed by atoms with Gasteiger partial charge in [-0.15, -0.1) is 15.3 Å². The SMILES string of the molecule is c1ccc(-n2nnnc2Sc2nnc([C@H]3COc4ccccc4O3)n2-c2ccccc2)cc1. The van der Waals surface area contributed by atoms with Crippen LogP contribution in [0.15, 0.2) is 95.2 Å². The molecule has 0 N–H and O–H groups in total. The van der Waals surface area contributed by atoms with Crippen LogP contribution < -0.4 is 9.47 Å². The van der Waals surface area contributed by atoms with Gasteiger partial charge in [0.2, 0.25) is 10.3 Å². The Bertz CT molecular complexity index is 1390. The van der Waals surface area contributed by atoms with Crippen molar-refractivity contribution in [3.8, 4) is 22.9 Å². The lowest BCUT2D eigenvalue weighted by Gasteiger charge is -2.26. The summed E-state index contributed by atoms with van der Waals surface area (Å²) in [5.74, 6) is 2.03. The van der Waals surface area contributed by atoms with Gasteiger partial charge in [0.25, 0.3) is 0 Å². The highest BCUT2D eigenvalue weighted by molar-refractivity contribution is 7.99. The van der Waals surface area contributed by atoms with E-state index in [0.717, 1.165) is 17.1 Å². The van der Waals surface area contributed by atoms with Gasteiger partial charge >= 0.3 is 0 Å². The Labute approximate surface area is 193 Å². The maximum Gasteiger partial charge on any atom is 0.221 e. The summed E-state index contributed by atoms with van der Waals surface area (Å²) in [6.45, 7) is 0.328. The zero-order chi connectivity index (χ0) is 22.0. The van der Waals surface area contributed by atoms with Crippen LogP contribution in [0.5, 0.6) is 11.5 Å². The van der Waals surface area contributed by atoms with Crippen LogP contribution in [0, 0.1) is 0 Å². The van der Waals surface area contributed by atoms with Crippen molar-refractivity contribution in [1.29, 1.82) is 0 Å². The zero-order valence-electron chi connectivity index (χ0n) is 17.2. The van der Waals surface area contributed by atoms with Gasteiger partial charge in [-0.05, 0) is 58.6 Å². The molecule has 3 heterocycles. The van der Waals surface area contributed by atoms with Gasteiger partial charge < -0.3 is 9.47 Å². The number of hydrogen-bond acceptors (Lipinski definition) is 8. The second kappa shape index (κ2) is 8.40. The summed E-state index contributed by atoms with van der Waals surface area (Å²) in [6, 6.07) is 27.2. The van der Waals surface area contributed by atoms with E-state index < -0.39 is 6.10 Å². The fraction of sp³-hybridized carbons (Fsp3) is 0.0870. The van der Waals surface area contributed by atoms with Gasteiger partial charge in [-0.2, -0.15) is 4.68 Å². The van der Waals surface area contributed by atoms with Crippen LogP contribution in [0.2, 0.25) is 0 Å². The minimum atomic E-state index is -0.424. The van der Waals surface area contributed by atoms with E-state index in [0.29, 0.717) is 28.5 Å². The van der Waals surface area contributed by atoms with Gasteiger partial charge in [0.15, 0.2) is 23.4 Å². The lowest BCUT2D eigenvalue weighted by Crippen LogP contribution is -2.24. The molecule has 0 radical (unpaired) electrons. The average Bonchev–Trinajstić information content (AvgIpc) is 3.52. The van der Waals surface area contributed by atoms with Crippen molar-refractivity contribution in [3.63, 3.8) is 0 Å². The topological polar surface area (TPSA) is 92.8 Å². The molecule has 33 heavy (non-hydrogen) atoms. The van der Waals surface area contributed by atoms with Crippen LogP contribution in [0.3, 0.4) is 0 Å². The highest BCUT2D eigenvalue weighted by Crippen LogP contribution is 2.37. The lowest BCUT2D eigenvalue weighted by atomic mass is 10.2. The number of benzene rings is 3. The van der Waals surface area contributed by atoms with Crippen molar-refractivity contribution in [2.24, 2.45) is 0 Å². The Hall–Kier alpha value is -4.18. The number of aromatic nitrogens is 7. The van der Waals surface area contributed by atoms with E-state index in [1.165, 1.54) is 11.8 Å². The molecule has 0 amide bonds. The van der Waals surface area contributed by atoms with Crippen molar-refractivity contribution in [2.45, 2.75) is 16.4 Å². The van der Waals surface area contributed by atoms with Crippen LogP contribution in [0.4, 0.5) is 0 Å². The summed E-state index contributed by atoms with van der Waals surface area (Å²) in [4.78, 5) is 0. The third-order valence-electron chi connectivity index (χ3n) is 5.09. The molecule has 0 fully saturated rings. The third kappa shape index (κ3) is 3.70. The summed E-state index contributed by atoms with van der Waals surface area (Å²) in [5, 5.41) is 22.3. The number of hydrogen-bond donors (Lipinski definition) is 0. The van der Waals surface area contributed by atoms with E-state index in [2.05, 4.69) is 25.7 Å². The number of nitrogens with zero attached hydrogens (tertiary/aromatic N) is 7. The molecule has 0 spiro atoms. The number of rotatable bonds is 5. The molecule has 0 unspecified atom stereocenters. The minimum Gasteiger partial charge on any atom is -0.485 e. The molecule has 1 aliphatic heterocycles. The first-order valence-electron chi connectivity index (χ1n) is 10.3. The summed E-state index contributed by atoms with van der Waals surface area (Å²) < 4.78 is 15.8. The quantitative estimate of drug-likeness (QED) is 0.394. The van der Waals surface area contributed by atoms with Gasteiger partial charge in [0.05, 0.1) is 5.69 Å². The highest BCUT2D eigenvalue weighted by atomic mass is 32.2. The zero-order valence-corrected chi connectivity index (χ0v) is 18.0. The lowest BCUT2D eigenvalue weighted by molar-refractivity contribution is 0.0835. The maximum absolute atomic E-state index is 6.22. The molecule has 5 aromatic rings. The van der Waals surface area contributed by atoms with E-state index >= 15 is 0 Å². The van der Waals surface area contributed by atoms with Crippen LogP contribution in [0.1, 0.15) is 11.9 Å². The monoisotopic (exact) mass is 455 g/mol. The van der Waals surface area contributed by atoms with E-state index in [1.54, 1.807) is 4.68 Å². The normalized spacial score (nSPS) is 14.8. The summed E-state index contributed by atoms with van der Waals surface area (Å²) in [6.07, 6.45) is -0.424. The molecule has 0 saturated carbocycles. The van der Waals surface area contributed by atoms with Crippen molar-refractivity contribution in [2.75, 3.05) is 6.61 Å². The fourth-order valence-electron chi connectivity index (χ4n) is 3.58. The Kier molecular flexibility index (Phi) is 4.96. The van der Waals surface area contributed by atoms with Gasteiger partial charge in [-0.3, -0.25) is 4.57 Å². The molecule has 3 aromatic carbocycles. The van der Waals surface area contributed by atoms with Crippen molar-refractivity contribution in [1.82, 2.24) is 35.0 Å². The van der Waals surface area contributed by atoms with Gasteiger partial charge in [0, 0.05) is 5.69 Å². The summed E-state index contributed by atoms with van der Waals surface area (Å²) in [5.41, 5.74) is 1.76. The summed E-state index contributed by atoms with van der Waals surface area (Å²) >= 11 is 1.33. The molecular formula is C23H17N7O2S. The Morgan fingerprint density at radius 3 is 2.21 bits per heavy atom.